The minimum atomic E-state index is -0.985. The third kappa shape index (κ3) is 18.9. The number of carboxylic acids is 3. The van der Waals surface area contributed by atoms with Crippen LogP contribution in [0.5, 0.6) is 0 Å². The van der Waals surface area contributed by atoms with Crippen molar-refractivity contribution in [2.45, 2.75) is 37.4 Å². The molecular weight excluding hydrogens is 1000 g/mol. The first-order valence-corrected chi connectivity index (χ1v) is 8.52. The van der Waals surface area contributed by atoms with Gasteiger partial charge in [-0.05, 0) is 37.8 Å². The summed E-state index contributed by atoms with van der Waals surface area (Å²) in [5.41, 5.74) is 0. The Morgan fingerprint density at radius 2 is 1.12 bits per heavy atom. The number of nitrogens with one attached hydrogen (secondary N) is 1. The van der Waals surface area contributed by atoms with Crippen molar-refractivity contribution in [1.82, 2.24) is 15.1 Å². The van der Waals surface area contributed by atoms with Crippen LogP contribution in [0.2, 0.25) is 0 Å². The second kappa shape index (κ2) is 27.6. The van der Waals surface area contributed by atoms with Crippen molar-refractivity contribution in [2.75, 3.05) is 19.6 Å². The van der Waals surface area contributed by atoms with Gasteiger partial charge in [-0.25, -0.2) is 0 Å². The topological polar surface area (TPSA) is 165 Å². The monoisotopic (exact) mass is 1020 g/mol. The molecule has 3 saturated heterocycles. The fourth-order valence-electron chi connectivity index (χ4n) is 2.71. The largest absolute Gasteiger partial charge is 1.00 e. The fourth-order valence-corrected chi connectivity index (χ4v) is 2.71. The Morgan fingerprint density at radius 3 is 1.30 bits per heavy atom. The Morgan fingerprint density at radius 1 is 0.727 bits per heavy atom. The Kier molecular flexibility index (Phi) is 39.2. The van der Waals surface area contributed by atoms with E-state index >= 15 is 0 Å². The summed E-state index contributed by atoms with van der Waals surface area (Å²) in [6, 6.07) is -1.90. The predicted molar refractivity (Wildman–Crippen MR) is 93.8 cm³/mol. The molecule has 0 aromatic rings. The van der Waals surface area contributed by atoms with E-state index in [1.54, 1.807) is 32.1 Å². The van der Waals surface area contributed by atoms with E-state index in [0.717, 1.165) is 22.8 Å². The number of carbonyl (C=O) groups is 3. The summed E-state index contributed by atoms with van der Waals surface area (Å²) in [6.07, 6.45) is 10.2. The van der Waals surface area contributed by atoms with Gasteiger partial charge in [-0.3, -0.25) is 33.6 Å². The van der Waals surface area contributed by atoms with Crippen LogP contribution in [0.25, 0.3) is 0 Å². The summed E-state index contributed by atoms with van der Waals surface area (Å²) in [6.45, 7) is 1.75. The minimum Gasteiger partial charge on any atom is -0.532 e. The first-order valence-electron chi connectivity index (χ1n) is 8.52. The second-order valence-electron chi connectivity index (χ2n) is 5.98. The van der Waals surface area contributed by atoms with Crippen LogP contribution >= 0.6 is 0 Å². The molecule has 2 amide bonds. The fraction of sp³-hybridized carbons (Fsp3) is 0.529. The SMILES string of the molecule is O=C(O)C1[CH-]CCN1.O=[C-]N1CC[CH-]C1C(=O)O.O=[C-]N1CC[CH-]C1C(=O)O.[Rb+].[Rb+].[Rb+].[Re].[Re]. The Balaban J connectivity index is -0.000000111. The number of hydrogen-bond acceptors (Lipinski definition) is 6. The van der Waals surface area contributed by atoms with Gasteiger partial charge in [0.2, 0.25) is 0 Å². The van der Waals surface area contributed by atoms with E-state index in [0.29, 0.717) is 25.9 Å². The number of nitrogens with zero attached hydrogens (tertiary/aromatic N) is 2. The molecule has 0 spiro atoms. The van der Waals surface area contributed by atoms with Gasteiger partial charge in [0.25, 0.3) is 17.9 Å². The molecular formula is C17H22N3O8Rb3Re2-2. The molecule has 0 aromatic heterocycles. The maximum absolute atomic E-state index is 10.3. The molecule has 3 heterocycles. The summed E-state index contributed by atoms with van der Waals surface area (Å²) >= 11 is 0. The summed E-state index contributed by atoms with van der Waals surface area (Å²) in [4.78, 5) is 53.1. The van der Waals surface area contributed by atoms with Gasteiger partial charge >= 0.3 is 175 Å². The zero-order chi connectivity index (χ0) is 21.1. The van der Waals surface area contributed by atoms with Crippen LogP contribution in [0.15, 0.2) is 0 Å². The van der Waals surface area contributed by atoms with Crippen molar-refractivity contribution in [1.29, 1.82) is 0 Å². The van der Waals surface area contributed by atoms with E-state index in [9.17, 15) is 24.0 Å². The molecule has 16 heteroatoms. The van der Waals surface area contributed by atoms with Crippen LogP contribution in [0.1, 0.15) is 19.3 Å². The van der Waals surface area contributed by atoms with Gasteiger partial charge in [-0.2, -0.15) is 32.1 Å². The molecule has 0 aliphatic carbocycles. The molecule has 4 N–H and O–H groups in total. The van der Waals surface area contributed by atoms with Crippen LogP contribution in [0, 0.1) is 19.3 Å². The molecule has 3 unspecified atom stereocenters. The zero-order valence-electron chi connectivity index (χ0n) is 18.7. The summed E-state index contributed by atoms with van der Waals surface area (Å²) < 4.78 is 0. The van der Waals surface area contributed by atoms with Crippen molar-refractivity contribution < 1.29 is 255 Å². The van der Waals surface area contributed by atoms with Gasteiger partial charge in [0.15, 0.2) is 0 Å². The van der Waals surface area contributed by atoms with Gasteiger partial charge in [0, 0.05) is 40.8 Å². The molecule has 3 atom stereocenters. The van der Waals surface area contributed by atoms with Crippen LogP contribution in [-0.2, 0) is 64.8 Å². The van der Waals surface area contributed by atoms with Crippen molar-refractivity contribution in [3.05, 3.63) is 19.3 Å². The van der Waals surface area contributed by atoms with Gasteiger partial charge in [-0.15, -0.1) is 0 Å². The molecule has 11 nitrogen and oxygen atoms in total. The number of likely N-dealkylation sites (tertiary alicyclic amines) is 2. The maximum Gasteiger partial charge on any atom is 1.00 e. The molecule has 2 radical (unpaired) electrons. The van der Waals surface area contributed by atoms with E-state index in [2.05, 4.69) is 5.32 Å². The Labute approximate surface area is 367 Å². The number of amides is 2. The molecule has 0 aromatic carbocycles. The second-order valence-corrected chi connectivity index (χ2v) is 5.98. The van der Waals surface area contributed by atoms with E-state index in [-0.39, 0.29) is 215 Å². The van der Waals surface area contributed by atoms with Crippen LogP contribution in [0.4, 0.5) is 0 Å². The van der Waals surface area contributed by atoms with Crippen molar-refractivity contribution in [3.63, 3.8) is 0 Å². The van der Waals surface area contributed by atoms with Gasteiger partial charge in [-0.1, -0.05) is 0 Å². The number of carboxylic acid groups (broad SMARTS) is 3. The quantitative estimate of drug-likeness (QED) is 0.196. The van der Waals surface area contributed by atoms with Crippen molar-refractivity contribution in [2.24, 2.45) is 0 Å². The summed E-state index contributed by atoms with van der Waals surface area (Å²) in [5, 5.41) is 28.0. The van der Waals surface area contributed by atoms with Crippen molar-refractivity contribution in [3.8, 4) is 0 Å². The van der Waals surface area contributed by atoms with Gasteiger partial charge < -0.3 is 40.0 Å². The van der Waals surface area contributed by atoms with Gasteiger partial charge in [0.1, 0.15) is 0 Å². The first kappa shape index (κ1) is 46.9. The standard InChI is InChI=1S/2C6H7NO3.C5H8NO2.3Rb.2Re/c2*8-4-7-3-1-2-5(7)6(9)10;7-5(8)4-2-1-3-6-4;;;;;/h2*2,5H,1,3H2,(H,9,10);2,4,6H,1,3H2,(H,7,8);;;;;/q2*-2;-1;3*+1;;. The predicted octanol–water partition coefficient (Wildman–Crippen LogP) is -10.5. The number of aliphatic carboxylic acids is 3. The zero-order valence-corrected chi connectivity index (χ0v) is 38.9. The minimum absolute atomic E-state index is 0. The van der Waals surface area contributed by atoms with Crippen LogP contribution < -0.4 is 180 Å². The van der Waals surface area contributed by atoms with E-state index in [1.165, 1.54) is 0 Å². The van der Waals surface area contributed by atoms with Crippen molar-refractivity contribution >= 4 is 30.7 Å². The Hall–Kier alpha value is 4.05. The number of carbonyl (C=O) groups excluding carboxylic acids is 2. The average molecular weight is 1030 g/mol. The van der Waals surface area contributed by atoms with Crippen LogP contribution in [0.3, 0.4) is 0 Å². The van der Waals surface area contributed by atoms with E-state index in [4.69, 9.17) is 15.3 Å². The number of hydrogen-bond donors (Lipinski definition) is 4. The molecule has 33 heavy (non-hydrogen) atoms. The molecule has 3 fully saturated rings. The summed E-state index contributed by atoms with van der Waals surface area (Å²) in [5.74, 6) is -2.75. The average Bonchev–Trinajstić information content (AvgIpc) is 3.43. The molecule has 3 aliphatic heterocycles. The van der Waals surface area contributed by atoms with E-state index < -0.39 is 36.0 Å². The summed E-state index contributed by atoms with van der Waals surface area (Å²) in [7, 11) is 0. The maximum atomic E-state index is 10.3. The molecule has 0 saturated carbocycles. The third-order valence-electron chi connectivity index (χ3n) is 4.11. The van der Waals surface area contributed by atoms with Gasteiger partial charge in [0.05, 0.1) is 0 Å². The molecule has 3 aliphatic rings. The number of rotatable bonds is 5. The normalized spacial score (nSPS) is 21.9. The third-order valence-corrected chi connectivity index (χ3v) is 4.11. The molecule has 0 bridgehead atoms. The first-order chi connectivity index (χ1) is 13.3. The van der Waals surface area contributed by atoms with E-state index in [1.807, 2.05) is 0 Å². The Bertz CT molecular complexity index is 554. The molecule has 172 valence electrons. The smallest absolute Gasteiger partial charge is 0.532 e. The molecule has 3 rings (SSSR count). The van der Waals surface area contributed by atoms with Crippen LogP contribution in [-0.4, -0.2) is 93.6 Å².